The van der Waals surface area contributed by atoms with E-state index in [-0.39, 0.29) is 17.9 Å². The molecular weight excluding hydrogens is 420 g/mol. The first-order valence-corrected chi connectivity index (χ1v) is 12.2. The Balaban J connectivity index is 1.31. The molecule has 1 N–H and O–H groups in total. The molecule has 0 radical (unpaired) electrons. The van der Waals surface area contributed by atoms with Gasteiger partial charge in [-0.25, -0.2) is 4.98 Å². The average Bonchev–Trinajstić information content (AvgIpc) is 3.24. The van der Waals surface area contributed by atoms with Crippen LogP contribution < -0.4 is 10.2 Å². The number of anilines is 1. The highest BCUT2D eigenvalue weighted by atomic mass is 16.1. The first-order chi connectivity index (χ1) is 16.6. The fourth-order valence-corrected chi connectivity index (χ4v) is 4.92. The number of benzene rings is 3. The summed E-state index contributed by atoms with van der Waals surface area (Å²) in [5.74, 6) is 1.20. The third-order valence-corrected chi connectivity index (χ3v) is 7.03. The van der Waals surface area contributed by atoms with Gasteiger partial charge in [-0.2, -0.15) is 0 Å². The molecule has 1 fully saturated rings. The number of hydrogen-bond donors (Lipinski definition) is 1. The van der Waals surface area contributed by atoms with E-state index in [0.29, 0.717) is 0 Å². The summed E-state index contributed by atoms with van der Waals surface area (Å²) in [5, 5.41) is 3.21. The third kappa shape index (κ3) is 4.56. The fourth-order valence-electron chi connectivity index (χ4n) is 4.92. The molecule has 1 unspecified atom stereocenters. The molecule has 0 saturated carbocycles. The third-order valence-electron chi connectivity index (χ3n) is 7.03. The van der Waals surface area contributed by atoms with Crippen molar-refractivity contribution in [3.63, 3.8) is 0 Å². The SMILES string of the molecule is Cc1ccccc1Cn1c(N2CCC(C(=O)NC(C)c3ccccc3)CC2)nc2ccccc21. The number of piperidine rings is 1. The van der Waals surface area contributed by atoms with Crippen molar-refractivity contribution in [2.45, 2.75) is 39.3 Å². The molecule has 174 valence electrons. The summed E-state index contributed by atoms with van der Waals surface area (Å²) < 4.78 is 2.33. The lowest BCUT2D eigenvalue weighted by atomic mass is 9.95. The highest BCUT2D eigenvalue weighted by Crippen LogP contribution is 2.29. The van der Waals surface area contributed by atoms with Gasteiger partial charge in [-0.05, 0) is 55.5 Å². The standard InChI is InChI=1S/C29H32N4O/c1-21-10-6-7-13-25(21)20-33-27-15-9-8-14-26(27)31-29(33)32-18-16-24(17-19-32)28(34)30-22(2)23-11-4-3-5-12-23/h3-15,22,24H,16-20H2,1-2H3,(H,30,34). The minimum absolute atomic E-state index is 0.0186. The molecule has 1 saturated heterocycles. The summed E-state index contributed by atoms with van der Waals surface area (Å²) in [6.07, 6.45) is 1.67. The van der Waals surface area contributed by atoms with E-state index in [1.54, 1.807) is 0 Å². The van der Waals surface area contributed by atoms with E-state index in [9.17, 15) is 4.79 Å². The van der Waals surface area contributed by atoms with Gasteiger partial charge in [0.25, 0.3) is 0 Å². The van der Waals surface area contributed by atoms with Crippen LogP contribution in [0.2, 0.25) is 0 Å². The van der Waals surface area contributed by atoms with E-state index in [1.807, 2.05) is 24.3 Å². The van der Waals surface area contributed by atoms with E-state index in [1.165, 1.54) is 11.1 Å². The first kappa shape index (κ1) is 22.2. The van der Waals surface area contributed by atoms with Crippen LogP contribution in [0.5, 0.6) is 0 Å². The summed E-state index contributed by atoms with van der Waals surface area (Å²) in [6, 6.07) is 27.1. The molecule has 4 aromatic rings. The zero-order valence-corrected chi connectivity index (χ0v) is 19.9. The van der Waals surface area contributed by atoms with Crippen molar-refractivity contribution < 1.29 is 4.79 Å². The van der Waals surface area contributed by atoms with Crippen LogP contribution in [0.4, 0.5) is 5.95 Å². The Morgan fingerprint density at radius 2 is 1.65 bits per heavy atom. The Morgan fingerprint density at radius 1 is 0.971 bits per heavy atom. The van der Waals surface area contributed by atoms with Crippen LogP contribution in [-0.2, 0) is 11.3 Å². The van der Waals surface area contributed by atoms with Crippen LogP contribution in [0, 0.1) is 12.8 Å². The number of nitrogens with zero attached hydrogens (tertiary/aromatic N) is 3. The van der Waals surface area contributed by atoms with Crippen LogP contribution in [-0.4, -0.2) is 28.5 Å². The largest absolute Gasteiger partial charge is 0.349 e. The monoisotopic (exact) mass is 452 g/mol. The predicted octanol–water partition coefficient (Wildman–Crippen LogP) is 5.49. The number of nitrogens with one attached hydrogen (secondary N) is 1. The second kappa shape index (κ2) is 9.72. The molecule has 1 amide bonds. The predicted molar refractivity (Wildman–Crippen MR) is 138 cm³/mol. The van der Waals surface area contributed by atoms with Gasteiger partial charge >= 0.3 is 0 Å². The lowest BCUT2D eigenvalue weighted by molar-refractivity contribution is -0.126. The maximum absolute atomic E-state index is 13.0. The van der Waals surface area contributed by atoms with Gasteiger partial charge in [-0.3, -0.25) is 4.79 Å². The van der Waals surface area contributed by atoms with Crippen LogP contribution >= 0.6 is 0 Å². The number of carbonyl (C=O) groups excluding carboxylic acids is 1. The zero-order valence-electron chi connectivity index (χ0n) is 19.9. The molecule has 34 heavy (non-hydrogen) atoms. The van der Waals surface area contributed by atoms with Gasteiger partial charge in [0.05, 0.1) is 23.6 Å². The van der Waals surface area contributed by atoms with Gasteiger partial charge in [-0.1, -0.05) is 66.7 Å². The van der Waals surface area contributed by atoms with Gasteiger partial charge in [-0.15, -0.1) is 0 Å². The molecule has 2 heterocycles. The van der Waals surface area contributed by atoms with Crippen molar-refractivity contribution in [1.82, 2.24) is 14.9 Å². The average molecular weight is 453 g/mol. The van der Waals surface area contributed by atoms with Crippen LogP contribution in [0.15, 0.2) is 78.9 Å². The molecule has 1 atom stereocenters. The lowest BCUT2D eigenvalue weighted by Crippen LogP contribution is -2.42. The van der Waals surface area contributed by atoms with E-state index in [4.69, 9.17) is 4.98 Å². The molecule has 5 nitrogen and oxygen atoms in total. The number of amides is 1. The van der Waals surface area contributed by atoms with E-state index < -0.39 is 0 Å². The summed E-state index contributed by atoms with van der Waals surface area (Å²) in [6.45, 7) is 6.66. The normalized spacial score (nSPS) is 15.4. The number of aryl methyl sites for hydroxylation is 1. The molecule has 5 rings (SSSR count). The molecule has 0 bridgehead atoms. The van der Waals surface area contributed by atoms with Crippen molar-refractivity contribution in [2.75, 3.05) is 18.0 Å². The van der Waals surface area contributed by atoms with E-state index in [2.05, 4.69) is 83.2 Å². The number of fused-ring (bicyclic) bond motifs is 1. The van der Waals surface area contributed by atoms with Crippen molar-refractivity contribution in [2.24, 2.45) is 5.92 Å². The number of carbonyl (C=O) groups is 1. The Bertz CT molecular complexity index is 1270. The second-order valence-electron chi connectivity index (χ2n) is 9.32. The number of hydrogen-bond acceptors (Lipinski definition) is 3. The van der Waals surface area contributed by atoms with Crippen LogP contribution in [0.1, 0.15) is 42.5 Å². The van der Waals surface area contributed by atoms with Crippen molar-refractivity contribution in [3.05, 3.63) is 95.6 Å². The molecule has 3 aromatic carbocycles. The molecule has 0 aliphatic carbocycles. The van der Waals surface area contributed by atoms with Gasteiger partial charge in [0.2, 0.25) is 11.9 Å². The maximum atomic E-state index is 13.0. The summed E-state index contributed by atoms with van der Waals surface area (Å²) in [5.41, 5.74) is 5.89. The number of imidazole rings is 1. The summed E-state index contributed by atoms with van der Waals surface area (Å²) in [7, 11) is 0. The number of aromatic nitrogens is 2. The van der Waals surface area contributed by atoms with E-state index >= 15 is 0 Å². The minimum atomic E-state index is 0.0186. The highest BCUT2D eigenvalue weighted by Gasteiger charge is 2.28. The highest BCUT2D eigenvalue weighted by molar-refractivity contribution is 5.80. The van der Waals surface area contributed by atoms with Gasteiger partial charge in [0, 0.05) is 19.0 Å². The Hall–Kier alpha value is -3.60. The molecule has 0 spiro atoms. The minimum Gasteiger partial charge on any atom is -0.349 e. The number of para-hydroxylation sites is 2. The molecular formula is C29H32N4O. The van der Waals surface area contributed by atoms with Crippen molar-refractivity contribution >= 4 is 22.9 Å². The fraction of sp³-hybridized carbons (Fsp3) is 0.310. The van der Waals surface area contributed by atoms with Crippen LogP contribution in [0.3, 0.4) is 0 Å². The second-order valence-corrected chi connectivity index (χ2v) is 9.32. The molecule has 1 aliphatic heterocycles. The van der Waals surface area contributed by atoms with Gasteiger partial charge in [0.1, 0.15) is 0 Å². The molecule has 1 aromatic heterocycles. The molecule has 5 heteroatoms. The number of rotatable bonds is 6. The first-order valence-electron chi connectivity index (χ1n) is 12.2. The Labute approximate surface area is 201 Å². The van der Waals surface area contributed by atoms with Crippen LogP contribution in [0.25, 0.3) is 11.0 Å². The Kier molecular flexibility index (Phi) is 6.35. The molecule has 1 aliphatic rings. The maximum Gasteiger partial charge on any atom is 0.223 e. The summed E-state index contributed by atoms with van der Waals surface area (Å²) in [4.78, 5) is 20.3. The smallest absolute Gasteiger partial charge is 0.223 e. The van der Waals surface area contributed by atoms with Gasteiger partial charge in [0.15, 0.2) is 0 Å². The van der Waals surface area contributed by atoms with Gasteiger partial charge < -0.3 is 14.8 Å². The zero-order chi connectivity index (χ0) is 23.5. The van der Waals surface area contributed by atoms with Crippen molar-refractivity contribution in [3.8, 4) is 0 Å². The summed E-state index contributed by atoms with van der Waals surface area (Å²) >= 11 is 0. The quantitative estimate of drug-likeness (QED) is 0.421. The van der Waals surface area contributed by atoms with Crippen molar-refractivity contribution in [1.29, 1.82) is 0 Å². The topological polar surface area (TPSA) is 50.2 Å². The Morgan fingerprint density at radius 3 is 2.41 bits per heavy atom. The van der Waals surface area contributed by atoms with E-state index in [0.717, 1.165) is 55.0 Å². The lowest BCUT2D eigenvalue weighted by Gasteiger charge is -2.33.